The molecule has 1 aromatic carbocycles. The molecule has 1 N–H and O–H groups in total. The lowest BCUT2D eigenvalue weighted by molar-refractivity contribution is -0.128. The molecule has 4 nitrogen and oxygen atoms in total. The summed E-state index contributed by atoms with van der Waals surface area (Å²) in [6.07, 6.45) is 2.56. The molecule has 3 rings (SSSR count). The molecule has 1 aliphatic heterocycles. The van der Waals surface area contributed by atoms with Crippen LogP contribution in [0.2, 0.25) is 0 Å². The predicted octanol–water partition coefficient (Wildman–Crippen LogP) is 1.93. The molecule has 2 aliphatic rings. The topological polar surface area (TPSA) is 41.6 Å². The highest BCUT2D eigenvalue weighted by molar-refractivity contribution is 5.81. The van der Waals surface area contributed by atoms with Crippen LogP contribution in [-0.4, -0.2) is 30.5 Å². The first-order valence-electron chi connectivity index (χ1n) is 7.03. The Morgan fingerprint density at radius 1 is 1.32 bits per heavy atom. The normalized spacial score (nSPS) is 22.9. The number of hydrogen-bond donors (Lipinski definition) is 1. The molecule has 0 aromatic heterocycles. The second-order valence-electron chi connectivity index (χ2n) is 5.27. The monoisotopic (exact) mass is 260 g/mol. The smallest absolute Gasteiger partial charge is 0.238 e. The van der Waals surface area contributed by atoms with Crippen LogP contribution >= 0.6 is 0 Å². The van der Waals surface area contributed by atoms with Gasteiger partial charge in [-0.15, -0.1) is 0 Å². The third-order valence-electron chi connectivity index (χ3n) is 3.74. The Morgan fingerprint density at radius 2 is 2.05 bits per heavy atom. The van der Waals surface area contributed by atoms with Gasteiger partial charge in [-0.2, -0.15) is 0 Å². The van der Waals surface area contributed by atoms with E-state index in [-0.39, 0.29) is 12.1 Å². The quantitative estimate of drug-likeness (QED) is 0.879. The van der Waals surface area contributed by atoms with Gasteiger partial charge in [0.15, 0.2) is 0 Å². The number of benzene rings is 1. The van der Waals surface area contributed by atoms with Gasteiger partial charge in [-0.3, -0.25) is 10.1 Å². The fourth-order valence-electron chi connectivity index (χ4n) is 2.54. The fourth-order valence-corrected chi connectivity index (χ4v) is 2.54. The Morgan fingerprint density at radius 3 is 2.68 bits per heavy atom. The van der Waals surface area contributed by atoms with E-state index in [9.17, 15) is 4.79 Å². The van der Waals surface area contributed by atoms with Crippen LogP contribution in [0.15, 0.2) is 24.3 Å². The Bertz CT molecular complexity index is 454. The number of carbonyl (C=O) groups is 1. The van der Waals surface area contributed by atoms with E-state index < -0.39 is 0 Å². The van der Waals surface area contributed by atoms with E-state index in [1.165, 1.54) is 12.8 Å². The van der Waals surface area contributed by atoms with Gasteiger partial charge in [0.05, 0.1) is 13.2 Å². The number of hydrogen-bond acceptors (Lipinski definition) is 3. The van der Waals surface area contributed by atoms with Crippen molar-refractivity contribution in [2.75, 3.05) is 19.7 Å². The number of carbonyl (C=O) groups excluding carboxylic acids is 1. The summed E-state index contributed by atoms with van der Waals surface area (Å²) in [5.41, 5.74) is 1.13. The highest BCUT2D eigenvalue weighted by Crippen LogP contribution is 2.33. The number of nitrogens with one attached hydrogen (secondary N) is 1. The summed E-state index contributed by atoms with van der Waals surface area (Å²) in [5.74, 6) is 1.81. The fraction of sp³-hybridized carbons (Fsp3) is 0.533. The van der Waals surface area contributed by atoms with Crippen molar-refractivity contribution in [1.29, 1.82) is 0 Å². The first kappa shape index (κ1) is 12.5. The molecule has 1 unspecified atom stereocenters. The molecule has 1 aromatic rings. The van der Waals surface area contributed by atoms with Crippen LogP contribution in [0.5, 0.6) is 5.75 Å². The first-order valence-corrected chi connectivity index (χ1v) is 7.03. The molecule has 1 aliphatic carbocycles. The van der Waals surface area contributed by atoms with Gasteiger partial charge in [-0.25, -0.2) is 0 Å². The molecule has 4 heteroatoms. The van der Waals surface area contributed by atoms with Crippen molar-refractivity contribution < 1.29 is 9.53 Å². The van der Waals surface area contributed by atoms with E-state index in [0.717, 1.165) is 17.9 Å². The maximum Gasteiger partial charge on any atom is 0.238 e. The minimum Gasteiger partial charge on any atom is -0.494 e. The number of rotatable bonds is 5. The molecule has 102 valence electrons. The van der Waals surface area contributed by atoms with Crippen molar-refractivity contribution in [3.63, 3.8) is 0 Å². The van der Waals surface area contributed by atoms with E-state index >= 15 is 0 Å². The van der Waals surface area contributed by atoms with Crippen molar-refractivity contribution in [3.05, 3.63) is 29.8 Å². The zero-order valence-corrected chi connectivity index (χ0v) is 11.3. The van der Waals surface area contributed by atoms with E-state index in [4.69, 9.17) is 4.74 Å². The van der Waals surface area contributed by atoms with Crippen LogP contribution in [0.1, 0.15) is 31.5 Å². The minimum absolute atomic E-state index is 0.0313. The zero-order valence-electron chi connectivity index (χ0n) is 11.3. The predicted molar refractivity (Wildman–Crippen MR) is 72.8 cm³/mol. The van der Waals surface area contributed by atoms with E-state index in [0.29, 0.717) is 19.1 Å². The lowest BCUT2D eigenvalue weighted by Crippen LogP contribution is -2.32. The molecule has 19 heavy (non-hydrogen) atoms. The van der Waals surface area contributed by atoms with E-state index in [1.54, 1.807) is 0 Å². The maximum absolute atomic E-state index is 11.9. The van der Waals surface area contributed by atoms with Crippen LogP contribution in [0.25, 0.3) is 0 Å². The van der Waals surface area contributed by atoms with Gasteiger partial charge in [0.2, 0.25) is 5.91 Å². The zero-order chi connectivity index (χ0) is 13.2. The summed E-state index contributed by atoms with van der Waals surface area (Å²) in [4.78, 5) is 13.9. The summed E-state index contributed by atoms with van der Waals surface area (Å²) >= 11 is 0. The molecule has 0 spiro atoms. The molecule has 1 saturated heterocycles. The van der Waals surface area contributed by atoms with Crippen LogP contribution < -0.4 is 10.1 Å². The molecule has 0 radical (unpaired) electrons. The second kappa shape index (κ2) is 5.21. The number of amides is 1. The van der Waals surface area contributed by atoms with Gasteiger partial charge in [0, 0.05) is 6.54 Å². The lowest BCUT2D eigenvalue weighted by Gasteiger charge is -2.24. The summed E-state index contributed by atoms with van der Waals surface area (Å²) in [6.45, 7) is 3.99. The van der Waals surface area contributed by atoms with Crippen molar-refractivity contribution in [2.45, 2.75) is 25.9 Å². The van der Waals surface area contributed by atoms with E-state index in [2.05, 4.69) is 5.32 Å². The van der Waals surface area contributed by atoms with Gasteiger partial charge >= 0.3 is 0 Å². The van der Waals surface area contributed by atoms with Crippen LogP contribution in [0.4, 0.5) is 0 Å². The van der Waals surface area contributed by atoms with Crippen molar-refractivity contribution in [2.24, 2.45) is 5.92 Å². The second-order valence-corrected chi connectivity index (χ2v) is 5.27. The molecule has 1 atom stereocenters. The van der Waals surface area contributed by atoms with Crippen LogP contribution in [-0.2, 0) is 4.79 Å². The summed E-state index contributed by atoms with van der Waals surface area (Å²) in [6, 6.07) is 8.03. The molecular weight excluding hydrogens is 240 g/mol. The number of nitrogens with zero attached hydrogens (tertiary/aromatic N) is 1. The van der Waals surface area contributed by atoms with E-state index in [1.807, 2.05) is 36.1 Å². The summed E-state index contributed by atoms with van der Waals surface area (Å²) < 4.78 is 5.45. The molecule has 1 heterocycles. The Balaban J connectivity index is 1.73. The van der Waals surface area contributed by atoms with Gasteiger partial charge in [0.1, 0.15) is 11.9 Å². The van der Waals surface area contributed by atoms with Gasteiger partial charge in [0.25, 0.3) is 0 Å². The van der Waals surface area contributed by atoms with Crippen molar-refractivity contribution >= 4 is 5.91 Å². The standard InChI is InChI=1S/C15H20N2O2/c1-2-19-13-7-5-12(6-8-13)15-16-9-14(18)17(15)10-11-3-4-11/h5-8,11,15-16H,2-4,9-10H2,1H3. The SMILES string of the molecule is CCOc1ccc(C2NCC(=O)N2CC2CC2)cc1. The highest BCUT2D eigenvalue weighted by atomic mass is 16.5. The lowest BCUT2D eigenvalue weighted by atomic mass is 10.1. The van der Waals surface area contributed by atoms with Gasteiger partial charge < -0.3 is 9.64 Å². The Hall–Kier alpha value is -1.55. The van der Waals surface area contributed by atoms with Crippen LogP contribution in [0, 0.1) is 5.92 Å². The summed E-state index contributed by atoms with van der Waals surface area (Å²) in [5, 5.41) is 3.29. The average Bonchev–Trinajstić information content (AvgIpc) is 3.16. The van der Waals surface area contributed by atoms with Crippen LogP contribution in [0.3, 0.4) is 0 Å². The average molecular weight is 260 g/mol. The largest absolute Gasteiger partial charge is 0.494 e. The third-order valence-corrected chi connectivity index (χ3v) is 3.74. The molecular formula is C15H20N2O2. The van der Waals surface area contributed by atoms with Gasteiger partial charge in [-0.05, 0) is 43.4 Å². The Kier molecular flexibility index (Phi) is 3.42. The number of ether oxygens (including phenoxy) is 1. The molecule has 2 fully saturated rings. The Labute approximate surface area is 113 Å². The minimum atomic E-state index is 0.0313. The molecule has 0 bridgehead atoms. The summed E-state index contributed by atoms with van der Waals surface area (Å²) in [7, 11) is 0. The van der Waals surface area contributed by atoms with Crippen molar-refractivity contribution in [3.8, 4) is 5.75 Å². The highest BCUT2D eigenvalue weighted by Gasteiger charge is 2.35. The van der Waals surface area contributed by atoms with Crippen molar-refractivity contribution in [1.82, 2.24) is 10.2 Å². The third kappa shape index (κ3) is 2.73. The molecule has 1 amide bonds. The molecule has 1 saturated carbocycles. The van der Waals surface area contributed by atoms with Gasteiger partial charge in [-0.1, -0.05) is 12.1 Å². The maximum atomic E-state index is 11.9. The first-order chi connectivity index (χ1) is 9.28.